The highest BCUT2D eigenvalue weighted by Crippen LogP contribution is 2.18. The number of nitrogens with one attached hydrogen (secondary N) is 1. The van der Waals surface area contributed by atoms with Crippen LogP contribution in [0.4, 0.5) is 5.69 Å². The Bertz CT molecular complexity index is 584. The summed E-state index contributed by atoms with van der Waals surface area (Å²) in [7, 11) is 0. The standard InChI is InChI=1S/C15H15ClN2O/c1-2-5-11-6-3-4-7-13(11)18-15(19)14-10-12(16)8-9-17-14/h3-4,6-10H,2,5H2,1H3,(H,18,19). The van der Waals surface area contributed by atoms with Crippen molar-refractivity contribution in [2.45, 2.75) is 19.8 Å². The second-order valence-corrected chi connectivity index (χ2v) is 4.66. The molecular weight excluding hydrogens is 260 g/mol. The summed E-state index contributed by atoms with van der Waals surface area (Å²) in [6.07, 6.45) is 3.48. The van der Waals surface area contributed by atoms with Gasteiger partial charge in [0.15, 0.2) is 0 Å². The van der Waals surface area contributed by atoms with Gasteiger partial charge in [-0.1, -0.05) is 43.1 Å². The van der Waals surface area contributed by atoms with Gasteiger partial charge in [-0.3, -0.25) is 9.78 Å². The molecule has 19 heavy (non-hydrogen) atoms. The van der Waals surface area contributed by atoms with Crippen LogP contribution < -0.4 is 5.32 Å². The summed E-state index contributed by atoms with van der Waals surface area (Å²) in [6, 6.07) is 11.0. The lowest BCUT2D eigenvalue weighted by Crippen LogP contribution is -2.14. The first-order valence-corrected chi connectivity index (χ1v) is 6.59. The number of para-hydroxylation sites is 1. The topological polar surface area (TPSA) is 42.0 Å². The van der Waals surface area contributed by atoms with Gasteiger partial charge in [0, 0.05) is 16.9 Å². The fraction of sp³-hybridized carbons (Fsp3) is 0.200. The first-order valence-electron chi connectivity index (χ1n) is 6.21. The number of benzene rings is 1. The average molecular weight is 275 g/mol. The molecule has 2 aromatic rings. The van der Waals surface area contributed by atoms with Gasteiger partial charge in [0.25, 0.3) is 5.91 Å². The van der Waals surface area contributed by atoms with Gasteiger partial charge in [0.1, 0.15) is 5.69 Å². The molecular formula is C15H15ClN2O. The Morgan fingerprint density at radius 2 is 2.11 bits per heavy atom. The lowest BCUT2D eigenvalue weighted by Gasteiger charge is -2.10. The Morgan fingerprint density at radius 1 is 1.32 bits per heavy atom. The third-order valence-electron chi connectivity index (χ3n) is 2.74. The minimum absolute atomic E-state index is 0.244. The van der Waals surface area contributed by atoms with Crippen molar-refractivity contribution in [3.8, 4) is 0 Å². The number of amides is 1. The van der Waals surface area contributed by atoms with Gasteiger partial charge in [-0.2, -0.15) is 0 Å². The van der Waals surface area contributed by atoms with E-state index < -0.39 is 0 Å². The van der Waals surface area contributed by atoms with E-state index in [0.29, 0.717) is 10.7 Å². The van der Waals surface area contributed by atoms with E-state index in [2.05, 4.69) is 17.2 Å². The number of hydrogen-bond acceptors (Lipinski definition) is 2. The number of carbonyl (C=O) groups is 1. The highest BCUT2D eigenvalue weighted by Gasteiger charge is 2.10. The zero-order chi connectivity index (χ0) is 13.7. The van der Waals surface area contributed by atoms with Crippen molar-refractivity contribution in [3.63, 3.8) is 0 Å². The summed E-state index contributed by atoms with van der Waals surface area (Å²) in [6.45, 7) is 2.11. The maximum absolute atomic E-state index is 12.1. The van der Waals surface area contributed by atoms with Gasteiger partial charge in [0.05, 0.1) is 0 Å². The molecule has 0 saturated carbocycles. The molecule has 1 N–H and O–H groups in total. The van der Waals surface area contributed by atoms with Gasteiger partial charge < -0.3 is 5.32 Å². The van der Waals surface area contributed by atoms with Crippen LogP contribution in [0.2, 0.25) is 5.02 Å². The molecule has 98 valence electrons. The summed E-state index contributed by atoms with van der Waals surface area (Å²) >= 11 is 5.85. The highest BCUT2D eigenvalue weighted by molar-refractivity contribution is 6.30. The lowest BCUT2D eigenvalue weighted by molar-refractivity contribution is 0.102. The first kappa shape index (κ1) is 13.6. The number of carbonyl (C=O) groups excluding carboxylic acids is 1. The van der Waals surface area contributed by atoms with Crippen LogP contribution in [0.3, 0.4) is 0 Å². The zero-order valence-corrected chi connectivity index (χ0v) is 11.4. The molecule has 0 aliphatic carbocycles. The van der Waals surface area contributed by atoms with Crippen molar-refractivity contribution in [3.05, 3.63) is 58.9 Å². The number of hydrogen-bond donors (Lipinski definition) is 1. The van der Waals surface area contributed by atoms with Crippen LogP contribution in [0.25, 0.3) is 0 Å². The molecule has 1 aromatic carbocycles. The molecule has 0 atom stereocenters. The molecule has 0 bridgehead atoms. The van der Waals surface area contributed by atoms with Crippen LogP contribution in [-0.2, 0) is 6.42 Å². The fourth-order valence-corrected chi connectivity index (χ4v) is 2.00. The minimum atomic E-state index is -0.244. The van der Waals surface area contributed by atoms with E-state index in [1.807, 2.05) is 24.3 Å². The van der Waals surface area contributed by atoms with Crippen LogP contribution in [0.15, 0.2) is 42.6 Å². The number of nitrogens with zero attached hydrogens (tertiary/aromatic N) is 1. The third-order valence-corrected chi connectivity index (χ3v) is 2.97. The monoisotopic (exact) mass is 274 g/mol. The number of aryl methyl sites for hydroxylation is 1. The Hall–Kier alpha value is -1.87. The van der Waals surface area contributed by atoms with Crippen molar-refractivity contribution < 1.29 is 4.79 Å². The second kappa shape index (κ2) is 6.34. The summed E-state index contributed by atoms with van der Waals surface area (Å²) < 4.78 is 0. The van der Waals surface area contributed by atoms with Crippen LogP contribution in [0.1, 0.15) is 29.4 Å². The van der Waals surface area contributed by atoms with Gasteiger partial charge in [0.2, 0.25) is 0 Å². The summed E-state index contributed by atoms with van der Waals surface area (Å²) in [4.78, 5) is 16.1. The molecule has 1 aromatic heterocycles. The van der Waals surface area contributed by atoms with Crippen molar-refractivity contribution in [1.82, 2.24) is 4.98 Å². The molecule has 0 aliphatic rings. The molecule has 0 unspecified atom stereocenters. The van der Waals surface area contributed by atoms with Gasteiger partial charge in [-0.05, 0) is 30.2 Å². The van der Waals surface area contributed by atoms with Crippen molar-refractivity contribution >= 4 is 23.2 Å². The van der Waals surface area contributed by atoms with Crippen LogP contribution in [0.5, 0.6) is 0 Å². The number of aromatic nitrogens is 1. The van der Waals surface area contributed by atoms with Gasteiger partial charge >= 0.3 is 0 Å². The molecule has 3 nitrogen and oxygen atoms in total. The van der Waals surface area contributed by atoms with E-state index in [9.17, 15) is 4.79 Å². The first-order chi connectivity index (χ1) is 9.20. The van der Waals surface area contributed by atoms with E-state index in [1.54, 1.807) is 12.1 Å². The Morgan fingerprint density at radius 3 is 2.84 bits per heavy atom. The zero-order valence-electron chi connectivity index (χ0n) is 10.7. The molecule has 1 amide bonds. The van der Waals surface area contributed by atoms with E-state index in [1.165, 1.54) is 6.20 Å². The molecule has 1 heterocycles. The van der Waals surface area contributed by atoms with Crippen LogP contribution in [0, 0.1) is 0 Å². The Balaban J connectivity index is 2.19. The van der Waals surface area contributed by atoms with E-state index in [0.717, 1.165) is 24.1 Å². The normalized spacial score (nSPS) is 10.2. The quantitative estimate of drug-likeness (QED) is 0.917. The molecule has 2 rings (SSSR count). The van der Waals surface area contributed by atoms with Crippen LogP contribution in [-0.4, -0.2) is 10.9 Å². The average Bonchev–Trinajstić information content (AvgIpc) is 2.41. The summed E-state index contributed by atoms with van der Waals surface area (Å²) in [5.74, 6) is -0.244. The molecule has 0 spiro atoms. The summed E-state index contributed by atoms with van der Waals surface area (Å²) in [5.41, 5.74) is 2.27. The minimum Gasteiger partial charge on any atom is -0.320 e. The van der Waals surface area contributed by atoms with Crippen LogP contribution >= 0.6 is 11.6 Å². The smallest absolute Gasteiger partial charge is 0.274 e. The Labute approximate surface area is 117 Å². The molecule has 0 saturated heterocycles. The summed E-state index contributed by atoms with van der Waals surface area (Å²) in [5, 5.41) is 3.38. The second-order valence-electron chi connectivity index (χ2n) is 4.22. The number of halogens is 1. The van der Waals surface area contributed by atoms with Crippen molar-refractivity contribution in [2.75, 3.05) is 5.32 Å². The maximum Gasteiger partial charge on any atom is 0.274 e. The predicted octanol–water partition coefficient (Wildman–Crippen LogP) is 3.94. The van der Waals surface area contributed by atoms with E-state index >= 15 is 0 Å². The molecule has 4 heteroatoms. The molecule has 0 fully saturated rings. The fourth-order valence-electron chi connectivity index (χ4n) is 1.84. The molecule has 0 radical (unpaired) electrons. The maximum atomic E-state index is 12.1. The Kier molecular flexibility index (Phi) is 4.53. The lowest BCUT2D eigenvalue weighted by atomic mass is 10.1. The number of anilines is 1. The van der Waals surface area contributed by atoms with Crippen molar-refractivity contribution in [1.29, 1.82) is 0 Å². The predicted molar refractivity (Wildman–Crippen MR) is 77.6 cm³/mol. The number of rotatable bonds is 4. The largest absolute Gasteiger partial charge is 0.320 e. The molecule has 0 aliphatic heterocycles. The van der Waals surface area contributed by atoms with E-state index in [-0.39, 0.29) is 5.91 Å². The van der Waals surface area contributed by atoms with Gasteiger partial charge in [-0.15, -0.1) is 0 Å². The highest BCUT2D eigenvalue weighted by atomic mass is 35.5. The van der Waals surface area contributed by atoms with E-state index in [4.69, 9.17) is 11.6 Å². The number of pyridine rings is 1. The van der Waals surface area contributed by atoms with Gasteiger partial charge in [-0.25, -0.2) is 0 Å². The third kappa shape index (κ3) is 3.55. The van der Waals surface area contributed by atoms with Crippen molar-refractivity contribution in [2.24, 2.45) is 0 Å². The SMILES string of the molecule is CCCc1ccccc1NC(=O)c1cc(Cl)ccn1.